The maximum absolute atomic E-state index is 13.9. The van der Waals surface area contributed by atoms with Crippen LogP contribution in [-0.4, -0.2) is 69.0 Å². The number of hydrogen-bond acceptors (Lipinski definition) is 6. The molecule has 240 valence electrons. The van der Waals surface area contributed by atoms with Crippen molar-refractivity contribution in [3.8, 4) is 11.1 Å². The highest BCUT2D eigenvalue weighted by Gasteiger charge is 2.34. The Morgan fingerprint density at radius 1 is 1.13 bits per heavy atom. The van der Waals surface area contributed by atoms with Gasteiger partial charge in [0.15, 0.2) is 0 Å². The number of rotatable bonds is 9. The number of amides is 1. The van der Waals surface area contributed by atoms with E-state index < -0.39 is 12.7 Å². The minimum atomic E-state index is -4.24. The lowest BCUT2D eigenvalue weighted by atomic mass is 9.98. The van der Waals surface area contributed by atoms with E-state index in [-0.39, 0.29) is 24.1 Å². The predicted molar refractivity (Wildman–Crippen MR) is 169 cm³/mol. The van der Waals surface area contributed by atoms with Crippen molar-refractivity contribution >= 4 is 17.2 Å². The number of halogens is 3. The van der Waals surface area contributed by atoms with E-state index in [4.69, 9.17) is 5.73 Å². The number of alkyl halides is 3. The molecule has 0 aromatic carbocycles. The number of aromatic amines is 1. The van der Waals surface area contributed by atoms with Crippen molar-refractivity contribution < 1.29 is 18.0 Å². The van der Waals surface area contributed by atoms with E-state index in [9.17, 15) is 22.8 Å². The number of carbonyl (C=O) groups is 1. The summed E-state index contributed by atoms with van der Waals surface area (Å²) in [6.07, 6.45) is 0.984. The third-order valence-corrected chi connectivity index (χ3v) is 8.66. The van der Waals surface area contributed by atoms with Crippen LogP contribution in [0.3, 0.4) is 0 Å². The fourth-order valence-corrected chi connectivity index (χ4v) is 6.39. The number of pyridine rings is 3. The van der Waals surface area contributed by atoms with Crippen molar-refractivity contribution in [3.05, 3.63) is 86.7 Å². The lowest BCUT2D eigenvalue weighted by Gasteiger charge is -2.39. The second-order valence-electron chi connectivity index (χ2n) is 11.8. The van der Waals surface area contributed by atoms with Crippen LogP contribution >= 0.6 is 0 Å². The highest BCUT2D eigenvalue weighted by molar-refractivity contribution is 5.98. The van der Waals surface area contributed by atoms with Crippen LogP contribution < -0.4 is 16.6 Å². The molecule has 1 amide bonds. The van der Waals surface area contributed by atoms with Gasteiger partial charge in [0.05, 0.1) is 12.1 Å². The molecule has 0 spiro atoms. The molecular weight excluding hydrogens is 583 g/mol. The van der Waals surface area contributed by atoms with E-state index >= 15 is 0 Å². The zero-order chi connectivity index (χ0) is 32.5. The molecule has 1 saturated heterocycles. The predicted octanol–water partition coefficient (Wildman–Crippen LogP) is 5.01. The summed E-state index contributed by atoms with van der Waals surface area (Å²) in [4.78, 5) is 37.4. The molecule has 9 nitrogen and oxygen atoms in total. The van der Waals surface area contributed by atoms with Crippen LogP contribution in [0.1, 0.15) is 64.7 Å². The van der Waals surface area contributed by atoms with Gasteiger partial charge in [0.2, 0.25) is 0 Å². The number of nitrogen functional groups attached to an aromatic ring is 1. The Bertz CT molecular complexity index is 1740. The molecule has 4 aromatic rings. The molecular formula is C33H40F3N7O2. The van der Waals surface area contributed by atoms with E-state index in [2.05, 4.69) is 24.6 Å². The van der Waals surface area contributed by atoms with Crippen LogP contribution in [-0.2, 0) is 13.0 Å². The molecule has 12 heteroatoms. The zero-order valence-corrected chi connectivity index (χ0v) is 26.1. The Balaban J connectivity index is 1.52. The summed E-state index contributed by atoms with van der Waals surface area (Å²) < 4.78 is 41.1. The number of anilines is 1. The van der Waals surface area contributed by atoms with E-state index in [0.717, 1.165) is 52.0 Å². The Morgan fingerprint density at radius 2 is 1.87 bits per heavy atom. The second kappa shape index (κ2) is 13.1. The van der Waals surface area contributed by atoms with Crippen molar-refractivity contribution in [1.82, 2.24) is 29.5 Å². The van der Waals surface area contributed by atoms with Crippen LogP contribution in [0.15, 0.2) is 47.5 Å². The zero-order valence-electron chi connectivity index (χ0n) is 26.1. The first-order chi connectivity index (χ1) is 21.4. The summed E-state index contributed by atoms with van der Waals surface area (Å²) in [5, 5.41) is 2.99. The number of hydrogen-bond donors (Lipinski definition) is 3. The molecule has 5 heterocycles. The highest BCUT2D eigenvalue weighted by Crippen LogP contribution is 2.34. The molecule has 1 aliphatic heterocycles. The number of piperazine rings is 1. The summed E-state index contributed by atoms with van der Waals surface area (Å²) in [5.74, 6) is 0.0779. The molecule has 0 bridgehead atoms. The summed E-state index contributed by atoms with van der Waals surface area (Å²) in [5.41, 5.74) is 12.4. The summed E-state index contributed by atoms with van der Waals surface area (Å²) in [6, 6.07) is 9.15. The molecule has 45 heavy (non-hydrogen) atoms. The Hall–Kier alpha value is -4.16. The third-order valence-electron chi connectivity index (χ3n) is 8.66. The maximum atomic E-state index is 13.9. The number of nitrogens with two attached hydrogens (primary N) is 1. The first-order valence-electron chi connectivity index (χ1n) is 15.3. The van der Waals surface area contributed by atoms with Crippen molar-refractivity contribution in [2.75, 3.05) is 38.5 Å². The minimum Gasteiger partial charge on any atom is -0.384 e. The van der Waals surface area contributed by atoms with E-state index in [1.54, 1.807) is 12.3 Å². The molecule has 0 aliphatic carbocycles. The summed E-state index contributed by atoms with van der Waals surface area (Å²) in [7, 11) is 0. The summed E-state index contributed by atoms with van der Waals surface area (Å²) in [6.45, 7) is 8.47. The first kappa shape index (κ1) is 32.2. The van der Waals surface area contributed by atoms with Crippen molar-refractivity contribution in [1.29, 1.82) is 0 Å². The van der Waals surface area contributed by atoms with Gasteiger partial charge in [0.25, 0.3) is 11.5 Å². The van der Waals surface area contributed by atoms with Crippen LogP contribution in [0.4, 0.5) is 19.0 Å². The lowest BCUT2D eigenvalue weighted by Crippen LogP contribution is -2.49. The molecule has 0 saturated carbocycles. The largest absolute Gasteiger partial charge is 0.401 e. The molecule has 5 rings (SSSR count). The summed E-state index contributed by atoms with van der Waals surface area (Å²) >= 11 is 0. The third kappa shape index (κ3) is 7.07. The van der Waals surface area contributed by atoms with E-state index in [1.807, 2.05) is 58.2 Å². The number of H-pyrrole nitrogens is 1. The first-order valence-corrected chi connectivity index (χ1v) is 15.3. The molecule has 1 unspecified atom stereocenters. The van der Waals surface area contributed by atoms with Crippen molar-refractivity contribution in [2.24, 2.45) is 0 Å². The van der Waals surface area contributed by atoms with Crippen LogP contribution in [0.25, 0.3) is 16.6 Å². The van der Waals surface area contributed by atoms with Gasteiger partial charge in [-0.15, -0.1) is 0 Å². The van der Waals surface area contributed by atoms with Gasteiger partial charge in [0.1, 0.15) is 5.82 Å². The Morgan fingerprint density at radius 3 is 2.51 bits per heavy atom. The van der Waals surface area contributed by atoms with Crippen LogP contribution in [0.2, 0.25) is 0 Å². The highest BCUT2D eigenvalue weighted by atomic mass is 19.4. The number of carbonyl (C=O) groups excluding carboxylic acids is 1. The topological polar surface area (TPSA) is 112 Å². The molecule has 1 aliphatic rings. The Kier molecular flexibility index (Phi) is 9.36. The average molecular weight is 624 g/mol. The van der Waals surface area contributed by atoms with Gasteiger partial charge in [0, 0.05) is 84.8 Å². The number of nitrogens with one attached hydrogen (secondary N) is 2. The van der Waals surface area contributed by atoms with Gasteiger partial charge in [-0.1, -0.05) is 13.3 Å². The fraction of sp³-hybridized carbons (Fsp3) is 0.424. The average Bonchev–Trinajstić information content (AvgIpc) is 3.39. The van der Waals surface area contributed by atoms with Gasteiger partial charge in [-0.3, -0.25) is 19.4 Å². The number of fused-ring (bicyclic) bond motifs is 1. The van der Waals surface area contributed by atoms with Crippen molar-refractivity contribution in [3.63, 3.8) is 0 Å². The van der Waals surface area contributed by atoms with E-state index in [0.29, 0.717) is 43.1 Å². The van der Waals surface area contributed by atoms with Gasteiger partial charge in [-0.25, -0.2) is 4.98 Å². The monoisotopic (exact) mass is 623 g/mol. The van der Waals surface area contributed by atoms with Gasteiger partial charge in [-0.05, 0) is 68.7 Å². The molecule has 1 fully saturated rings. The quantitative estimate of drug-likeness (QED) is 0.242. The molecule has 1 atom stereocenters. The Labute approximate surface area is 260 Å². The number of nitrogens with zero attached hydrogens (tertiary/aromatic N) is 4. The fourth-order valence-electron chi connectivity index (χ4n) is 6.39. The lowest BCUT2D eigenvalue weighted by molar-refractivity contribution is -0.149. The standard InChI is InChI=1S/C33H40F3N7O2/c1-5-6-23-15-20(2)40-32(45)27(23)18-39-31(44)26-16-28-25(24-7-8-29(37)38-17-24)9-10-43(28)30(21(26)3)22(4)42-13-11-41(12-14-42)19-33(34,35)36/h7-10,15-17,22H,5-6,11-14,18-19H2,1-4H3,(H2,37,38)(H,39,44)(H,40,45). The minimum absolute atomic E-state index is 0.0796. The maximum Gasteiger partial charge on any atom is 0.401 e. The van der Waals surface area contributed by atoms with Gasteiger partial charge < -0.3 is 20.4 Å². The smallest absolute Gasteiger partial charge is 0.384 e. The normalized spacial score (nSPS) is 15.4. The van der Waals surface area contributed by atoms with Gasteiger partial charge in [-0.2, -0.15) is 13.2 Å². The van der Waals surface area contributed by atoms with Gasteiger partial charge >= 0.3 is 6.18 Å². The number of aromatic nitrogens is 3. The molecule has 0 radical (unpaired) electrons. The van der Waals surface area contributed by atoms with E-state index in [1.165, 1.54) is 4.90 Å². The SMILES string of the molecule is CCCc1cc(C)[nH]c(=O)c1CNC(=O)c1cc2c(-c3ccc(N)nc3)ccn2c(C(C)N2CCN(CC(F)(F)F)CC2)c1C. The second-order valence-corrected chi connectivity index (χ2v) is 11.8. The molecule has 4 aromatic heterocycles. The van der Waals surface area contributed by atoms with Crippen LogP contribution in [0, 0.1) is 13.8 Å². The molecule has 4 N–H and O–H groups in total. The van der Waals surface area contributed by atoms with Crippen molar-refractivity contribution in [2.45, 2.75) is 59.3 Å². The number of aryl methyl sites for hydroxylation is 2. The van der Waals surface area contributed by atoms with Crippen LogP contribution in [0.5, 0.6) is 0 Å².